The van der Waals surface area contributed by atoms with E-state index in [1.165, 1.54) is 0 Å². The molecular formula is C23H24BrN3O3. The van der Waals surface area contributed by atoms with Gasteiger partial charge in [0.25, 0.3) is 5.91 Å². The molecule has 0 aromatic heterocycles. The Morgan fingerprint density at radius 3 is 2.30 bits per heavy atom. The van der Waals surface area contributed by atoms with Crippen LogP contribution in [0.1, 0.15) is 22.3 Å². The molecule has 7 heteroatoms. The third-order valence-corrected chi connectivity index (χ3v) is 6.26. The van der Waals surface area contributed by atoms with E-state index in [1.807, 2.05) is 55.5 Å². The Kier molecular flexibility index (Phi) is 5.90. The number of anilines is 1. The number of benzene rings is 2. The second-order valence-corrected chi connectivity index (χ2v) is 8.78. The molecule has 0 saturated carbocycles. The van der Waals surface area contributed by atoms with Crippen LogP contribution in [0.5, 0.6) is 0 Å². The van der Waals surface area contributed by atoms with Crippen LogP contribution in [0.25, 0.3) is 0 Å². The van der Waals surface area contributed by atoms with Crippen molar-refractivity contribution >= 4 is 39.3 Å². The van der Waals surface area contributed by atoms with Crippen molar-refractivity contribution in [1.82, 2.24) is 9.80 Å². The molecule has 2 aromatic carbocycles. The number of nitrogens with zero attached hydrogens (tertiary/aromatic N) is 3. The molecule has 156 valence electrons. The quantitative estimate of drug-likeness (QED) is 0.693. The summed E-state index contributed by atoms with van der Waals surface area (Å²) in [6, 6.07) is 15.1. The second-order valence-electron chi connectivity index (χ2n) is 7.87. The van der Waals surface area contributed by atoms with Gasteiger partial charge in [0.1, 0.15) is 0 Å². The van der Waals surface area contributed by atoms with Crippen molar-refractivity contribution in [1.29, 1.82) is 0 Å². The molecule has 0 aliphatic carbocycles. The van der Waals surface area contributed by atoms with Crippen LogP contribution in [0.15, 0.2) is 53.0 Å². The number of carbonyl (C=O) groups is 3. The van der Waals surface area contributed by atoms with E-state index in [0.29, 0.717) is 38.3 Å². The van der Waals surface area contributed by atoms with Crippen LogP contribution in [0.4, 0.5) is 5.69 Å². The Morgan fingerprint density at radius 1 is 0.967 bits per heavy atom. The van der Waals surface area contributed by atoms with Gasteiger partial charge in [-0.1, -0.05) is 39.7 Å². The zero-order chi connectivity index (χ0) is 21.3. The number of aryl methyl sites for hydroxylation is 1. The van der Waals surface area contributed by atoms with Crippen LogP contribution in [0.3, 0.4) is 0 Å². The molecule has 2 aliphatic rings. The average molecular weight is 470 g/mol. The van der Waals surface area contributed by atoms with Crippen LogP contribution in [-0.2, 0) is 9.59 Å². The molecule has 4 rings (SSSR count). The SMILES string of the molecule is Cc1ccc(C(=O)N2CCN(C(=O)C3CC(=O)N(c4cccc(Br)c4)C3)CC2)cc1. The van der Waals surface area contributed by atoms with E-state index in [-0.39, 0.29) is 30.1 Å². The summed E-state index contributed by atoms with van der Waals surface area (Å²) in [6.45, 7) is 4.40. The van der Waals surface area contributed by atoms with Crippen molar-refractivity contribution in [3.63, 3.8) is 0 Å². The summed E-state index contributed by atoms with van der Waals surface area (Å²) in [5.41, 5.74) is 2.59. The molecule has 2 fully saturated rings. The molecular weight excluding hydrogens is 446 g/mol. The van der Waals surface area contributed by atoms with Crippen LogP contribution in [-0.4, -0.2) is 60.2 Å². The fourth-order valence-corrected chi connectivity index (χ4v) is 4.42. The summed E-state index contributed by atoms with van der Waals surface area (Å²) in [4.78, 5) is 43.5. The summed E-state index contributed by atoms with van der Waals surface area (Å²) < 4.78 is 0.900. The maximum atomic E-state index is 13.0. The number of rotatable bonds is 3. The van der Waals surface area contributed by atoms with Gasteiger partial charge >= 0.3 is 0 Å². The Hall–Kier alpha value is -2.67. The monoisotopic (exact) mass is 469 g/mol. The van der Waals surface area contributed by atoms with Gasteiger partial charge in [0, 0.05) is 54.9 Å². The van der Waals surface area contributed by atoms with Crippen molar-refractivity contribution in [2.75, 3.05) is 37.6 Å². The van der Waals surface area contributed by atoms with E-state index in [0.717, 1.165) is 15.7 Å². The summed E-state index contributed by atoms with van der Waals surface area (Å²) in [6.07, 6.45) is 0.230. The molecule has 0 radical (unpaired) electrons. The van der Waals surface area contributed by atoms with E-state index in [1.54, 1.807) is 14.7 Å². The maximum absolute atomic E-state index is 13.0. The summed E-state index contributed by atoms with van der Waals surface area (Å²) >= 11 is 3.43. The molecule has 1 unspecified atom stereocenters. The fourth-order valence-electron chi connectivity index (χ4n) is 4.03. The lowest BCUT2D eigenvalue weighted by Gasteiger charge is -2.36. The van der Waals surface area contributed by atoms with Crippen molar-refractivity contribution in [2.45, 2.75) is 13.3 Å². The van der Waals surface area contributed by atoms with E-state index < -0.39 is 0 Å². The van der Waals surface area contributed by atoms with E-state index in [2.05, 4.69) is 15.9 Å². The molecule has 0 spiro atoms. The minimum absolute atomic E-state index is 0.000951. The van der Waals surface area contributed by atoms with E-state index >= 15 is 0 Å². The van der Waals surface area contributed by atoms with Gasteiger partial charge < -0.3 is 14.7 Å². The van der Waals surface area contributed by atoms with Gasteiger partial charge in [0.05, 0.1) is 5.92 Å². The fraction of sp³-hybridized carbons (Fsp3) is 0.348. The van der Waals surface area contributed by atoms with E-state index in [9.17, 15) is 14.4 Å². The normalized spacial score (nSPS) is 19.3. The Balaban J connectivity index is 1.35. The van der Waals surface area contributed by atoms with Crippen LogP contribution < -0.4 is 4.90 Å². The zero-order valence-electron chi connectivity index (χ0n) is 16.9. The van der Waals surface area contributed by atoms with Gasteiger partial charge in [-0.05, 0) is 37.3 Å². The van der Waals surface area contributed by atoms with Crippen molar-refractivity contribution < 1.29 is 14.4 Å². The predicted octanol–water partition coefficient (Wildman–Crippen LogP) is 3.10. The highest BCUT2D eigenvalue weighted by Crippen LogP contribution is 2.28. The molecule has 2 aromatic rings. The van der Waals surface area contributed by atoms with Crippen LogP contribution >= 0.6 is 15.9 Å². The van der Waals surface area contributed by atoms with Gasteiger partial charge in [0.2, 0.25) is 11.8 Å². The van der Waals surface area contributed by atoms with Gasteiger partial charge in [-0.25, -0.2) is 0 Å². The Bertz CT molecular complexity index is 968. The topological polar surface area (TPSA) is 60.9 Å². The van der Waals surface area contributed by atoms with Crippen molar-refractivity contribution in [3.8, 4) is 0 Å². The first kappa shape index (κ1) is 20.6. The Labute approximate surface area is 184 Å². The summed E-state index contributed by atoms with van der Waals surface area (Å²) in [7, 11) is 0. The summed E-state index contributed by atoms with van der Waals surface area (Å²) in [5.74, 6) is -0.363. The van der Waals surface area contributed by atoms with Gasteiger partial charge in [-0.3, -0.25) is 14.4 Å². The molecule has 3 amide bonds. The molecule has 6 nitrogen and oxygen atoms in total. The Morgan fingerprint density at radius 2 is 1.63 bits per heavy atom. The van der Waals surface area contributed by atoms with Gasteiger partial charge in [0.15, 0.2) is 0 Å². The number of piperazine rings is 1. The second kappa shape index (κ2) is 8.60. The van der Waals surface area contributed by atoms with E-state index in [4.69, 9.17) is 0 Å². The summed E-state index contributed by atoms with van der Waals surface area (Å²) in [5, 5.41) is 0. The number of hydrogen-bond donors (Lipinski definition) is 0. The highest BCUT2D eigenvalue weighted by atomic mass is 79.9. The zero-order valence-corrected chi connectivity index (χ0v) is 18.5. The molecule has 0 N–H and O–H groups in total. The van der Waals surface area contributed by atoms with Gasteiger partial charge in [-0.2, -0.15) is 0 Å². The lowest BCUT2D eigenvalue weighted by Crippen LogP contribution is -2.52. The predicted molar refractivity (Wildman–Crippen MR) is 118 cm³/mol. The standard InChI is InChI=1S/C23H24BrN3O3/c1-16-5-7-17(8-6-16)22(29)25-9-11-26(12-10-25)23(30)18-13-21(28)27(15-18)20-4-2-3-19(24)14-20/h2-8,14,18H,9-13,15H2,1H3. The van der Waals surface area contributed by atoms with Crippen molar-refractivity contribution in [2.24, 2.45) is 5.92 Å². The molecule has 2 heterocycles. The number of carbonyl (C=O) groups excluding carboxylic acids is 3. The molecule has 30 heavy (non-hydrogen) atoms. The highest BCUT2D eigenvalue weighted by molar-refractivity contribution is 9.10. The number of amides is 3. The lowest BCUT2D eigenvalue weighted by atomic mass is 10.1. The maximum Gasteiger partial charge on any atom is 0.253 e. The molecule has 1 atom stereocenters. The minimum atomic E-state index is -0.337. The average Bonchev–Trinajstić information content (AvgIpc) is 3.15. The largest absolute Gasteiger partial charge is 0.339 e. The highest BCUT2D eigenvalue weighted by Gasteiger charge is 2.38. The lowest BCUT2D eigenvalue weighted by molar-refractivity contribution is -0.137. The molecule has 2 saturated heterocycles. The first-order valence-corrected chi connectivity index (χ1v) is 10.9. The smallest absolute Gasteiger partial charge is 0.253 e. The number of hydrogen-bond acceptors (Lipinski definition) is 3. The third-order valence-electron chi connectivity index (χ3n) is 5.77. The first-order chi connectivity index (χ1) is 14.4. The number of halogens is 1. The first-order valence-electron chi connectivity index (χ1n) is 10.1. The van der Waals surface area contributed by atoms with Crippen LogP contribution in [0, 0.1) is 12.8 Å². The minimum Gasteiger partial charge on any atom is -0.339 e. The third kappa shape index (κ3) is 4.26. The van der Waals surface area contributed by atoms with Gasteiger partial charge in [-0.15, -0.1) is 0 Å². The van der Waals surface area contributed by atoms with Crippen LogP contribution in [0.2, 0.25) is 0 Å². The van der Waals surface area contributed by atoms with Crippen molar-refractivity contribution in [3.05, 3.63) is 64.1 Å². The molecule has 2 aliphatic heterocycles. The molecule has 0 bridgehead atoms.